The molecule has 0 aliphatic heterocycles. The zero-order chi connectivity index (χ0) is 19.4. The van der Waals surface area contributed by atoms with Crippen LogP contribution in [0.1, 0.15) is 15.9 Å². The second kappa shape index (κ2) is 7.45. The molecule has 0 fully saturated rings. The van der Waals surface area contributed by atoms with Crippen LogP contribution in [0.5, 0.6) is 5.88 Å². The standard InChI is InChI=1S/C19H14F3N3O2/c1-27-17-10-9-16(24-25-17)12-5-7-13(8-6-12)18(26)23-15-4-2-3-14(11-15)19(20,21)22/h2-11H,1H3,(H,23,26). The Morgan fingerprint density at radius 2 is 1.74 bits per heavy atom. The summed E-state index contributed by atoms with van der Waals surface area (Å²) < 4.78 is 43.2. The van der Waals surface area contributed by atoms with Crippen molar-refractivity contribution in [2.75, 3.05) is 12.4 Å². The van der Waals surface area contributed by atoms with Crippen LogP contribution in [0.15, 0.2) is 60.7 Å². The Labute approximate surface area is 152 Å². The van der Waals surface area contributed by atoms with Crippen molar-refractivity contribution in [3.63, 3.8) is 0 Å². The van der Waals surface area contributed by atoms with Crippen molar-refractivity contribution in [3.05, 3.63) is 71.8 Å². The Morgan fingerprint density at radius 3 is 2.33 bits per heavy atom. The molecular weight excluding hydrogens is 359 g/mol. The molecule has 1 heterocycles. The zero-order valence-corrected chi connectivity index (χ0v) is 14.1. The van der Waals surface area contributed by atoms with E-state index in [9.17, 15) is 18.0 Å². The van der Waals surface area contributed by atoms with E-state index in [1.165, 1.54) is 19.2 Å². The molecule has 8 heteroatoms. The fraction of sp³-hybridized carbons (Fsp3) is 0.105. The fourth-order valence-corrected chi connectivity index (χ4v) is 2.35. The second-order valence-corrected chi connectivity index (χ2v) is 5.57. The number of alkyl halides is 3. The van der Waals surface area contributed by atoms with E-state index >= 15 is 0 Å². The summed E-state index contributed by atoms with van der Waals surface area (Å²) in [6, 6.07) is 14.3. The van der Waals surface area contributed by atoms with Gasteiger partial charge in [-0.05, 0) is 36.4 Å². The van der Waals surface area contributed by atoms with Gasteiger partial charge in [-0.1, -0.05) is 18.2 Å². The van der Waals surface area contributed by atoms with E-state index in [1.54, 1.807) is 36.4 Å². The minimum absolute atomic E-state index is 0.0694. The highest BCUT2D eigenvalue weighted by atomic mass is 19.4. The lowest BCUT2D eigenvalue weighted by molar-refractivity contribution is -0.137. The molecule has 0 unspecified atom stereocenters. The first-order valence-electron chi connectivity index (χ1n) is 7.83. The number of benzene rings is 2. The molecule has 0 aliphatic carbocycles. The highest BCUT2D eigenvalue weighted by Crippen LogP contribution is 2.30. The van der Waals surface area contributed by atoms with Crippen molar-refractivity contribution in [2.45, 2.75) is 6.18 Å². The molecule has 5 nitrogen and oxygen atoms in total. The molecular formula is C19H14F3N3O2. The molecule has 3 rings (SSSR count). The molecule has 1 aromatic heterocycles. The number of methoxy groups -OCH3 is 1. The lowest BCUT2D eigenvalue weighted by atomic mass is 10.1. The van der Waals surface area contributed by atoms with Crippen molar-refractivity contribution >= 4 is 11.6 Å². The van der Waals surface area contributed by atoms with Crippen molar-refractivity contribution < 1.29 is 22.7 Å². The lowest BCUT2D eigenvalue weighted by Gasteiger charge is -2.10. The fourth-order valence-electron chi connectivity index (χ4n) is 2.35. The first-order chi connectivity index (χ1) is 12.9. The van der Waals surface area contributed by atoms with Gasteiger partial charge in [-0.3, -0.25) is 4.79 Å². The van der Waals surface area contributed by atoms with Gasteiger partial charge >= 0.3 is 6.18 Å². The maximum Gasteiger partial charge on any atom is 0.416 e. The van der Waals surface area contributed by atoms with Crippen molar-refractivity contribution in [1.29, 1.82) is 0 Å². The Hall–Kier alpha value is -3.42. The Kier molecular flexibility index (Phi) is 5.07. The van der Waals surface area contributed by atoms with Gasteiger partial charge < -0.3 is 10.1 Å². The first kappa shape index (κ1) is 18.4. The molecule has 0 spiro atoms. The van der Waals surface area contributed by atoms with E-state index in [0.29, 0.717) is 17.1 Å². The van der Waals surface area contributed by atoms with Gasteiger partial charge in [-0.2, -0.15) is 13.2 Å². The van der Waals surface area contributed by atoms with Gasteiger partial charge in [0.25, 0.3) is 5.91 Å². The molecule has 0 saturated carbocycles. The maximum atomic E-state index is 12.7. The third kappa shape index (κ3) is 4.41. The predicted molar refractivity (Wildman–Crippen MR) is 93.4 cm³/mol. The topological polar surface area (TPSA) is 64.1 Å². The van der Waals surface area contributed by atoms with Crippen LogP contribution in [0.4, 0.5) is 18.9 Å². The minimum atomic E-state index is -4.47. The van der Waals surface area contributed by atoms with Gasteiger partial charge in [0.15, 0.2) is 0 Å². The second-order valence-electron chi connectivity index (χ2n) is 5.57. The van der Waals surface area contributed by atoms with Crippen molar-refractivity contribution in [3.8, 4) is 17.1 Å². The summed E-state index contributed by atoms with van der Waals surface area (Å²) in [7, 11) is 1.49. The SMILES string of the molecule is COc1ccc(-c2ccc(C(=O)Nc3cccc(C(F)(F)F)c3)cc2)nn1. The van der Waals surface area contributed by atoms with Crippen LogP contribution in [-0.4, -0.2) is 23.2 Å². The number of nitrogens with zero attached hydrogens (tertiary/aromatic N) is 2. The van der Waals surface area contributed by atoms with Crippen LogP contribution in [0, 0.1) is 0 Å². The first-order valence-corrected chi connectivity index (χ1v) is 7.83. The molecule has 1 N–H and O–H groups in total. The lowest BCUT2D eigenvalue weighted by Crippen LogP contribution is -2.13. The molecule has 138 valence electrons. The number of carbonyl (C=O) groups is 1. The molecule has 0 bridgehead atoms. The van der Waals surface area contributed by atoms with E-state index in [-0.39, 0.29) is 5.69 Å². The number of carbonyl (C=O) groups excluding carboxylic acids is 1. The molecule has 0 aliphatic rings. The number of ether oxygens (including phenoxy) is 1. The molecule has 0 radical (unpaired) electrons. The average Bonchev–Trinajstić information content (AvgIpc) is 2.68. The predicted octanol–water partition coefficient (Wildman–Crippen LogP) is 4.42. The number of hydrogen-bond donors (Lipinski definition) is 1. The van der Waals surface area contributed by atoms with E-state index in [1.807, 2.05) is 0 Å². The third-order valence-electron chi connectivity index (χ3n) is 3.74. The van der Waals surface area contributed by atoms with Gasteiger partial charge in [0.05, 0.1) is 18.4 Å². The van der Waals surface area contributed by atoms with E-state index in [4.69, 9.17) is 4.74 Å². The Balaban J connectivity index is 1.74. The number of hydrogen-bond acceptors (Lipinski definition) is 4. The summed E-state index contributed by atoms with van der Waals surface area (Å²) in [5.41, 5.74) is 0.882. The summed E-state index contributed by atoms with van der Waals surface area (Å²) in [4.78, 5) is 12.3. The Morgan fingerprint density at radius 1 is 1.00 bits per heavy atom. The third-order valence-corrected chi connectivity index (χ3v) is 3.74. The average molecular weight is 373 g/mol. The summed E-state index contributed by atoms with van der Waals surface area (Å²) in [5.74, 6) is -0.127. The van der Waals surface area contributed by atoms with Crippen LogP contribution in [0.3, 0.4) is 0 Å². The van der Waals surface area contributed by atoms with Crippen LogP contribution in [0.2, 0.25) is 0 Å². The molecule has 0 atom stereocenters. The molecule has 1 amide bonds. The largest absolute Gasteiger partial charge is 0.480 e. The zero-order valence-electron chi connectivity index (χ0n) is 14.1. The van der Waals surface area contributed by atoms with Crippen molar-refractivity contribution in [1.82, 2.24) is 10.2 Å². The minimum Gasteiger partial charge on any atom is -0.480 e. The number of aromatic nitrogens is 2. The van der Waals surface area contributed by atoms with Crippen LogP contribution in [-0.2, 0) is 6.18 Å². The van der Waals surface area contributed by atoms with Gasteiger partial charge in [0, 0.05) is 22.9 Å². The van der Waals surface area contributed by atoms with Gasteiger partial charge in [0.1, 0.15) is 0 Å². The monoisotopic (exact) mass is 373 g/mol. The number of rotatable bonds is 4. The van der Waals surface area contributed by atoms with Crippen LogP contribution < -0.4 is 10.1 Å². The molecule has 2 aromatic carbocycles. The van der Waals surface area contributed by atoms with Gasteiger partial charge in [0.2, 0.25) is 5.88 Å². The highest BCUT2D eigenvalue weighted by molar-refractivity contribution is 6.04. The maximum absolute atomic E-state index is 12.7. The number of amides is 1. The number of anilines is 1. The quantitative estimate of drug-likeness (QED) is 0.735. The normalized spacial score (nSPS) is 11.1. The van der Waals surface area contributed by atoms with E-state index in [2.05, 4.69) is 15.5 Å². The Bertz CT molecular complexity index is 940. The summed E-state index contributed by atoms with van der Waals surface area (Å²) in [5, 5.41) is 10.3. The summed E-state index contributed by atoms with van der Waals surface area (Å²) in [6.07, 6.45) is -4.47. The van der Waals surface area contributed by atoms with Crippen LogP contribution >= 0.6 is 0 Å². The van der Waals surface area contributed by atoms with Crippen molar-refractivity contribution in [2.24, 2.45) is 0 Å². The van der Waals surface area contributed by atoms with E-state index in [0.717, 1.165) is 17.7 Å². The number of nitrogens with one attached hydrogen (secondary N) is 1. The molecule has 27 heavy (non-hydrogen) atoms. The smallest absolute Gasteiger partial charge is 0.416 e. The highest BCUT2D eigenvalue weighted by Gasteiger charge is 2.30. The van der Waals surface area contributed by atoms with Crippen LogP contribution in [0.25, 0.3) is 11.3 Å². The van der Waals surface area contributed by atoms with Gasteiger partial charge in [-0.15, -0.1) is 10.2 Å². The summed E-state index contributed by atoms with van der Waals surface area (Å²) in [6.45, 7) is 0. The van der Waals surface area contributed by atoms with Gasteiger partial charge in [-0.25, -0.2) is 0 Å². The van der Waals surface area contributed by atoms with E-state index < -0.39 is 17.6 Å². The summed E-state index contributed by atoms with van der Waals surface area (Å²) >= 11 is 0. The molecule has 0 saturated heterocycles. The number of halogens is 3. The molecule has 3 aromatic rings.